The van der Waals surface area contributed by atoms with Gasteiger partial charge in [-0.15, -0.1) is 0 Å². The Kier molecular flexibility index (Phi) is 4.89. The van der Waals surface area contributed by atoms with E-state index in [9.17, 15) is 14.7 Å². The number of amides is 2. The molecule has 2 saturated carbocycles. The predicted octanol–water partition coefficient (Wildman–Crippen LogP) is 2.51. The monoisotopic (exact) mass is 282 g/mol. The Morgan fingerprint density at radius 1 is 1.15 bits per heavy atom. The van der Waals surface area contributed by atoms with Crippen molar-refractivity contribution in [3.63, 3.8) is 0 Å². The highest BCUT2D eigenvalue weighted by Crippen LogP contribution is 2.31. The molecule has 0 radical (unpaired) electrons. The lowest BCUT2D eigenvalue weighted by Gasteiger charge is -2.34. The third kappa shape index (κ3) is 3.44. The molecular formula is C15H26N2O3. The number of nitrogens with one attached hydrogen (secondary N) is 2. The fraction of sp³-hybridized carbons (Fsp3) is 0.867. The summed E-state index contributed by atoms with van der Waals surface area (Å²) in [6, 6.07) is -0.326. The van der Waals surface area contributed by atoms with Crippen molar-refractivity contribution in [3.05, 3.63) is 0 Å². The zero-order valence-electron chi connectivity index (χ0n) is 12.3. The molecule has 3 N–H and O–H groups in total. The van der Waals surface area contributed by atoms with Crippen LogP contribution in [0.4, 0.5) is 4.79 Å². The van der Waals surface area contributed by atoms with E-state index in [1.165, 1.54) is 12.8 Å². The Morgan fingerprint density at radius 3 is 2.40 bits per heavy atom. The molecule has 0 aromatic rings. The average molecular weight is 282 g/mol. The number of carboxylic acids is 1. The first-order valence-electron chi connectivity index (χ1n) is 7.83. The second-order valence-electron chi connectivity index (χ2n) is 6.45. The molecule has 0 spiro atoms. The highest BCUT2D eigenvalue weighted by molar-refractivity contribution is 5.86. The van der Waals surface area contributed by atoms with Crippen LogP contribution in [0, 0.1) is 11.8 Å². The van der Waals surface area contributed by atoms with Crippen LogP contribution in [0.15, 0.2) is 0 Å². The second-order valence-corrected chi connectivity index (χ2v) is 6.45. The van der Waals surface area contributed by atoms with E-state index < -0.39 is 11.5 Å². The summed E-state index contributed by atoms with van der Waals surface area (Å²) in [5, 5.41) is 15.0. The number of carboxylic acid groups (broad SMARTS) is 1. The van der Waals surface area contributed by atoms with Crippen LogP contribution < -0.4 is 10.6 Å². The highest BCUT2D eigenvalue weighted by atomic mass is 16.4. The van der Waals surface area contributed by atoms with Gasteiger partial charge in [-0.05, 0) is 31.1 Å². The molecule has 2 rings (SSSR count). The van der Waals surface area contributed by atoms with Crippen LogP contribution in [0.2, 0.25) is 0 Å². The smallest absolute Gasteiger partial charge is 0.329 e. The van der Waals surface area contributed by atoms with Gasteiger partial charge >= 0.3 is 12.0 Å². The van der Waals surface area contributed by atoms with Gasteiger partial charge in [-0.3, -0.25) is 0 Å². The standard InChI is InChI=1S/C15H26N2O3/c1-11-6-5-7-12(11)10-16-14(20)17-15(13(18)19)8-3-2-4-9-15/h11-12H,2-10H2,1H3,(H,18,19)(H2,16,17,20). The maximum Gasteiger partial charge on any atom is 0.329 e. The van der Waals surface area contributed by atoms with E-state index in [1.807, 2.05) is 0 Å². The summed E-state index contributed by atoms with van der Waals surface area (Å²) in [4.78, 5) is 23.5. The molecule has 0 saturated heterocycles. The van der Waals surface area contributed by atoms with Crippen LogP contribution in [0.3, 0.4) is 0 Å². The zero-order chi connectivity index (χ0) is 14.6. The number of aliphatic carboxylic acids is 1. The van der Waals surface area contributed by atoms with E-state index >= 15 is 0 Å². The normalized spacial score (nSPS) is 28.9. The molecule has 0 bridgehead atoms. The summed E-state index contributed by atoms with van der Waals surface area (Å²) < 4.78 is 0. The first-order chi connectivity index (χ1) is 9.53. The van der Waals surface area contributed by atoms with E-state index in [0.29, 0.717) is 31.2 Å². The zero-order valence-corrected chi connectivity index (χ0v) is 12.3. The van der Waals surface area contributed by atoms with Crippen molar-refractivity contribution in [2.75, 3.05) is 6.54 Å². The van der Waals surface area contributed by atoms with Gasteiger partial charge in [0.25, 0.3) is 0 Å². The minimum absolute atomic E-state index is 0.326. The van der Waals surface area contributed by atoms with Crippen LogP contribution >= 0.6 is 0 Å². The topological polar surface area (TPSA) is 78.4 Å². The van der Waals surface area contributed by atoms with Crippen molar-refractivity contribution in [3.8, 4) is 0 Å². The number of rotatable bonds is 4. The Bertz CT molecular complexity index is 364. The first kappa shape index (κ1) is 15.1. The molecule has 5 nitrogen and oxygen atoms in total. The van der Waals surface area contributed by atoms with Gasteiger partial charge in [0.05, 0.1) is 0 Å². The summed E-state index contributed by atoms with van der Waals surface area (Å²) >= 11 is 0. The largest absolute Gasteiger partial charge is 0.480 e. The van der Waals surface area contributed by atoms with Crippen molar-refractivity contribution >= 4 is 12.0 Å². The van der Waals surface area contributed by atoms with Crippen molar-refractivity contribution < 1.29 is 14.7 Å². The van der Waals surface area contributed by atoms with Crippen molar-refractivity contribution in [2.45, 2.75) is 63.8 Å². The van der Waals surface area contributed by atoms with Crippen LogP contribution in [-0.2, 0) is 4.79 Å². The summed E-state index contributed by atoms with van der Waals surface area (Å²) in [5.41, 5.74) is -1.05. The van der Waals surface area contributed by atoms with Gasteiger partial charge in [0.1, 0.15) is 5.54 Å². The summed E-state index contributed by atoms with van der Waals surface area (Å²) in [6.07, 6.45) is 7.48. The quantitative estimate of drug-likeness (QED) is 0.741. The predicted molar refractivity (Wildman–Crippen MR) is 76.5 cm³/mol. The molecule has 0 aromatic carbocycles. The van der Waals surface area contributed by atoms with E-state index in [0.717, 1.165) is 25.7 Å². The molecule has 20 heavy (non-hydrogen) atoms. The molecular weight excluding hydrogens is 256 g/mol. The molecule has 2 amide bonds. The van der Waals surface area contributed by atoms with Gasteiger partial charge in [-0.25, -0.2) is 9.59 Å². The van der Waals surface area contributed by atoms with Gasteiger partial charge in [-0.1, -0.05) is 39.0 Å². The summed E-state index contributed by atoms with van der Waals surface area (Å²) in [6.45, 7) is 2.87. The molecule has 2 aliphatic carbocycles. The molecule has 2 aliphatic rings. The lowest BCUT2D eigenvalue weighted by Crippen LogP contribution is -2.58. The third-order valence-corrected chi connectivity index (χ3v) is 5.03. The van der Waals surface area contributed by atoms with E-state index in [1.54, 1.807) is 0 Å². The third-order valence-electron chi connectivity index (χ3n) is 5.03. The minimum atomic E-state index is -1.05. The van der Waals surface area contributed by atoms with E-state index in [2.05, 4.69) is 17.6 Å². The molecule has 2 fully saturated rings. The van der Waals surface area contributed by atoms with Crippen molar-refractivity contribution in [1.82, 2.24) is 10.6 Å². The molecule has 0 aliphatic heterocycles. The SMILES string of the molecule is CC1CCCC1CNC(=O)NC1(C(=O)O)CCCCC1. The summed E-state index contributed by atoms with van der Waals surface area (Å²) in [5.74, 6) is 0.285. The molecule has 0 aromatic heterocycles. The molecule has 2 unspecified atom stereocenters. The fourth-order valence-corrected chi connectivity index (χ4v) is 3.56. The van der Waals surface area contributed by atoms with Gasteiger partial charge in [0, 0.05) is 6.54 Å². The number of hydrogen-bond acceptors (Lipinski definition) is 2. The maximum absolute atomic E-state index is 12.0. The maximum atomic E-state index is 12.0. The first-order valence-corrected chi connectivity index (χ1v) is 7.83. The fourth-order valence-electron chi connectivity index (χ4n) is 3.56. The van der Waals surface area contributed by atoms with Crippen LogP contribution in [-0.4, -0.2) is 29.2 Å². The molecule has 2 atom stereocenters. The lowest BCUT2D eigenvalue weighted by atomic mass is 9.82. The molecule has 5 heteroatoms. The van der Waals surface area contributed by atoms with Gasteiger partial charge < -0.3 is 15.7 Å². The van der Waals surface area contributed by atoms with Gasteiger partial charge in [-0.2, -0.15) is 0 Å². The number of urea groups is 1. The van der Waals surface area contributed by atoms with Crippen LogP contribution in [0.5, 0.6) is 0 Å². The number of carbonyl (C=O) groups is 2. The van der Waals surface area contributed by atoms with E-state index in [4.69, 9.17) is 0 Å². The molecule has 0 heterocycles. The minimum Gasteiger partial charge on any atom is -0.480 e. The van der Waals surface area contributed by atoms with Crippen molar-refractivity contribution in [1.29, 1.82) is 0 Å². The van der Waals surface area contributed by atoms with Crippen molar-refractivity contribution in [2.24, 2.45) is 11.8 Å². The number of hydrogen-bond donors (Lipinski definition) is 3. The Balaban J connectivity index is 1.84. The Labute approximate surface area is 120 Å². The molecule has 114 valence electrons. The highest BCUT2D eigenvalue weighted by Gasteiger charge is 2.41. The Morgan fingerprint density at radius 2 is 1.85 bits per heavy atom. The lowest BCUT2D eigenvalue weighted by molar-refractivity contribution is -0.145. The van der Waals surface area contributed by atoms with Gasteiger partial charge in [0.2, 0.25) is 0 Å². The van der Waals surface area contributed by atoms with Crippen LogP contribution in [0.25, 0.3) is 0 Å². The van der Waals surface area contributed by atoms with Gasteiger partial charge in [0.15, 0.2) is 0 Å². The number of carbonyl (C=O) groups excluding carboxylic acids is 1. The van der Waals surface area contributed by atoms with Crippen LogP contribution in [0.1, 0.15) is 58.3 Å². The summed E-state index contributed by atoms with van der Waals surface area (Å²) in [7, 11) is 0. The van der Waals surface area contributed by atoms with E-state index in [-0.39, 0.29) is 6.03 Å². The Hall–Kier alpha value is -1.26. The average Bonchev–Trinajstić information content (AvgIpc) is 2.83. The second kappa shape index (κ2) is 6.46.